The van der Waals surface area contributed by atoms with Crippen LogP contribution in [0.5, 0.6) is 0 Å². The van der Waals surface area contributed by atoms with Crippen molar-refractivity contribution in [3.63, 3.8) is 0 Å². The quantitative estimate of drug-likeness (QED) is 0.277. The average molecular weight is 461 g/mol. The van der Waals surface area contributed by atoms with Gasteiger partial charge in [0.25, 0.3) is 5.69 Å². The number of aromatic nitrogens is 2. The van der Waals surface area contributed by atoms with E-state index in [0.29, 0.717) is 18.7 Å². The van der Waals surface area contributed by atoms with Gasteiger partial charge in [-0.1, -0.05) is 0 Å². The summed E-state index contributed by atoms with van der Waals surface area (Å²) in [6.45, 7) is 2.42. The molecule has 1 saturated heterocycles. The first-order valence-electron chi connectivity index (χ1n) is 9.64. The molecular formula is C20H20N4O5S2. The third-order valence-electron chi connectivity index (χ3n) is 5.24. The Morgan fingerprint density at radius 1 is 1.42 bits per heavy atom. The maximum atomic E-state index is 12.7. The second-order valence-corrected chi connectivity index (χ2v) is 8.89. The number of aliphatic hydroxyl groups excluding tert-OH is 1. The molecule has 0 spiro atoms. The number of ether oxygens (including phenoxy) is 1. The molecule has 1 aromatic heterocycles. The number of non-ortho nitro benzene ring substituents is 1. The van der Waals surface area contributed by atoms with Gasteiger partial charge in [-0.3, -0.25) is 19.8 Å². The average Bonchev–Trinajstić information content (AvgIpc) is 3.36. The number of nitro benzene ring substituents is 1. The normalized spacial score (nSPS) is 21.0. The number of hydrogen-bond acceptors (Lipinski definition) is 8. The van der Waals surface area contributed by atoms with Crippen LogP contribution in [0.3, 0.4) is 0 Å². The molecule has 0 saturated carbocycles. The molecule has 4 rings (SSSR count). The number of β-lactam (4-membered cyclic amide) rings is 1. The Morgan fingerprint density at radius 2 is 2.16 bits per heavy atom. The topological polar surface area (TPSA) is 111 Å². The highest BCUT2D eigenvalue weighted by atomic mass is 32.2. The predicted octanol–water partition coefficient (Wildman–Crippen LogP) is 2.85. The lowest BCUT2D eigenvalue weighted by molar-refractivity contribution is -0.384. The fourth-order valence-corrected chi connectivity index (χ4v) is 5.55. The van der Waals surface area contributed by atoms with Gasteiger partial charge in [0.2, 0.25) is 11.0 Å². The molecule has 0 bridgehead atoms. The molecular weight excluding hydrogens is 440 g/mol. The van der Waals surface area contributed by atoms with Gasteiger partial charge in [0.15, 0.2) is 0 Å². The van der Waals surface area contributed by atoms with Crippen LogP contribution in [-0.2, 0) is 22.7 Å². The van der Waals surface area contributed by atoms with E-state index in [2.05, 4.69) is 4.98 Å². The first-order valence-corrected chi connectivity index (χ1v) is 10.9. The number of nitro groups is 1. The summed E-state index contributed by atoms with van der Waals surface area (Å²) in [6, 6.07) is 6.04. The van der Waals surface area contributed by atoms with E-state index in [1.54, 1.807) is 36.5 Å². The number of thiocarbonyl (C=S) groups is 1. The summed E-state index contributed by atoms with van der Waals surface area (Å²) >= 11 is 7.05. The van der Waals surface area contributed by atoms with Gasteiger partial charge in [-0.2, -0.15) is 0 Å². The molecule has 2 aliphatic heterocycles. The smallest absolute Gasteiger partial charge is 0.269 e. The van der Waals surface area contributed by atoms with Crippen LogP contribution in [0.4, 0.5) is 5.69 Å². The lowest BCUT2D eigenvalue weighted by Gasteiger charge is -2.44. The summed E-state index contributed by atoms with van der Waals surface area (Å²) in [7, 11) is 0. The molecule has 9 nitrogen and oxygen atoms in total. The van der Waals surface area contributed by atoms with Crippen LogP contribution in [0.2, 0.25) is 0 Å². The van der Waals surface area contributed by atoms with Gasteiger partial charge >= 0.3 is 0 Å². The van der Waals surface area contributed by atoms with Crippen molar-refractivity contribution in [3.05, 3.63) is 69.3 Å². The number of benzene rings is 1. The molecule has 2 aromatic rings. The number of allylic oxidation sites excluding steroid dienone is 1. The molecule has 2 aliphatic rings. The number of aliphatic hydroxyl groups is 1. The van der Waals surface area contributed by atoms with Crippen molar-refractivity contribution in [2.24, 2.45) is 5.92 Å². The molecule has 162 valence electrons. The van der Waals surface area contributed by atoms with Crippen molar-refractivity contribution in [3.8, 4) is 0 Å². The van der Waals surface area contributed by atoms with Gasteiger partial charge < -0.3 is 14.4 Å². The number of nitrogens with zero attached hydrogens (tertiary/aromatic N) is 4. The van der Waals surface area contributed by atoms with Gasteiger partial charge in [0, 0.05) is 36.0 Å². The second kappa shape index (κ2) is 8.77. The second-order valence-electron chi connectivity index (χ2n) is 7.31. The van der Waals surface area contributed by atoms with E-state index in [4.69, 9.17) is 17.0 Å². The molecule has 1 aromatic carbocycles. The fraction of sp³-hybridized carbons (Fsp3) is 0.350. The number of carbonyl (C=O) groups excluding carboxylic acids is 1. The minimum atomic E-state index is -0.745. The summed E-state index contributed by atoms with van der Waals surface area (Å²) in [5.74, 6) is -0.635. The standard InChI is InChI=1S/C20H20N4O5S2/c1-12(25)16-18(26)23-17(15(31-19(16)23)6-8-22-9-7-21-11-22)20(30)29-10-13-2-4-14(5-3-13)24(27)28/h2-5,7,9,11-12,16,19,25H,6,8,10H2,1H3/t12-,16+,19-/m1/s1. The van der Waals surface area contributed by atoms with Crippen molar-refractivity contribution in [1.29, 1.82) is 0 Å². The molecule has 31 heavy (non-hydrogen) atoms. The summed E-state index contributed by atoms with van der Waals surface area (Å²) in [5.41, 5.74) is 1.31. The zero-order chi connectivity index (χ0) is 22.1. The lowest BCUT2D eigenvalue weighted by atomic mass is 9.92. The maximum Gasteiger partial charge on any atom is 0.269 e. The number of amides is 1. The van der Waals surface area contributed by atoms with Crippen LogP contribution in [0.1, 0.15) is 18.9 Å². The number of hydrogen-bond donors (Lipinski definition) is 1. The van der Waals surface area contributed by atoms with Gasteiger partial charge in [0.1, 0.15) is 17.7 Å². The molecule has 1 amide bonds. The highest BCUT2D eigenvalue weighted by molar-refractivity contribution is 8.04. The highest BCUT2D eigenvalue weighted by Gasteiger charge is 2.56. The highest BCUT2D eigenvalue weighted by Crippen LogP contribution is 2.51. The SMILES string of the molecule is C[C@@H](O)[C@H]1C(=O)N2C(C(=S)OCc3ccc([N+](=O)[O-])cc3)=C(CCn3ccnc3)S[C@H]12. The van der Waals surface area contributed by atoms with Crippen LogP contribution in [0, 0.1) is 16.0 Å². The Morgan fingerprint density at radius 3 is 2.77 bits per heavy atom. The van der Waals surface area contributed by atoms with Gasteiger partial charge in [-0.15, -0.1) is 11.8 Å². The van der Waals surface area contributed by atoms with E-state index in [-0.39, 0.29) is 28.6 Å². The maximum absolute atomic E-state index is 12.7. The van der Waals surface area contributed by atoms with Crippen molar-refractivity contribution < 1.29 is 19.6 Å². The lowest BCUT2D eigenvalue weighted by Crippen LogP contribution is -2.60. The number of rotatable bonds is 8. The summed E-state index contributed by atoms with van der Waals surface area (Å²) < 4.78 is 7.73. The predicted molar refractivity (Wildman–Crippen MR) is 118 cm³/mol. The van der Waals surface area contributed by atoms with Crippen molar-refractivity contribution in [1.82, 2.24) is 14.5 Å². The Bertz CT molecular complexity index is 1040. The van der Waals surface area contributed by atoms with Crippen molar-refractivity contribution in [2.45, 2.75) is 38.0 Å². The molecule has 1 fully saturated rings. The molecule has 3 heterocycles. The number of thioether (sulfide) groups is 1. The molecule has 3 atom stereocenters. The van der Waals surface area contributed by atoms with E-state index < -0.39 is 16.9 Å². The van der Waals surface area contributed by atoms with E-state index in [9.17, 15) is 20.0 Å². The molecule has 11 heteroatoms. The third-order valence-corrected chi connectivity index (χ3v) is 6.98. The van der Waals surface area contributed by atoms with E-state index in [1.165, 1.54) is 23.9 Å². The van der Waals surface area contributed by atoms with E-state index >= 15 is 0 Å². The van der Waals surface area contributed by atoms with Crippen LogP contribution in [0.25, 0.3) is 0 Å². The van der Waals surface area contributed by atoms with Crippen LogP contribution < -0.4 is 0 Å². The first kappa shape index (κ1) is 21.5. The summed E-state index contributed by atoms with van der Waals surface area (Å²) in [6.07, 6.45) is 5.19. The first-order chi connectivity index (χ1) is 14.9. The monoisotopic (exact) mass is 460 g/mol. The number of aryl methyl sites for hydroxylation is 1. The summed E-state index contributed by atoms with van der Waals surface area (Å²) in [4.78, 5) is 29.6. The van der Waals surface area contributed by atoms with Crippen molar-refractivity contribution >= 4 is 40.6 Å². The van der Waals surface area contributed by atoms with Gasteiger partial charge in [-0.05, 0) is 43.3 Å². The Hall–Kier alpha value is -2.76. The Balaban J connectivity index is 1.49. The molecule has 0 aliphatic carbocycles. The summed E-state index contributed by atoms with van der Waals surface area (Å²) in [5, 5.41) is 20.8. The number of imidazole rings is 1. The minimum Gasteiger partial charge on any atom is -0.477 e. The van der Waals surface area contributed by atoms with Crippen LogP contribution in [-0.4, -0.2) is 46.9 Å². The van der Waals surface area contributed by atoms with Gasteiger partial charge in [-0.25, -0.2) is 4.98 Å². The number of fused-ring (bicyclic) bond motifs is 1. The zero-order valence-corrected chi connectivity index (χ0v) is 18.2. The zero-order valence-electron chi connectivity index (χ0n) is 16.6. The van der Waals surface area contributed by atoms with Crippen molar-refractivity contribution in [2.75, 3.05) is 0 Å². The van der Waals surface area contributed by atoms with Crippen LogP contribution in [0.15, 0.2) is 53.6 Å². The number of carbonyl (C=O) groups is 1. The third kappa shape index (κ3) is 4.21. The fourth-order valence-electron chi connectivity index (χ4n) is 3.60. The minimum absolute atomic E-state index is 0.00111. The Labute approximate surface area is 187 Å². The van der Waals surface area contributed by atoms with E-state index in [1.807, 2.05) is 10.8 Å². The molecule has 0 radical (unpaired) electrons. The molecule has 1 N–H and O–H groups in total. The molecule has 0 unspecified atom stereocenters. The van der Waals surface area contributed by atoms with E-state index in [0.717, 1.165) is 10.5 Å². The Kier molecular flexibility index (Phi) is 6.08. The largest absolute Gasteiger partial charge is 0.477 e. The van der Waals surface area contributed by atoms with Crippen LogP contribution >= 0.6 is 24.0 Å². The van der Waals surface area contributed by atoms with Gasteiger partial charge in [0.05, 0.1) is 23.3 Å².